The summed E-state index contributed by atoms with van der Waals surface area (Å²) in [5.41, 5.74) is 6.72. The van der Waals surface area contributed by atoms with E-state index in [1.165, 1.54) is 31.6 Å². The normalized spacial score (nSPS) is 12.4. The molecule has 0 aliphatic rings. The van der Waals surface area contributed by atoms with Crippen molar-refractivity contribution >= 4 is 50.2 Å². The van der Waals surface area contributed by atoms with Crippen molar-refractivity contribution in [1.82, 2.24) is 14.7 Å². The molecule has 0 aliphatic heterocycles. The first-order chi connectivity index (χ1) is 17.5. The lowest BCUT2D eigenvalue weighted by Gasteiger charge is -2.15. The second-order valence-corrected chi connectivity index (χ2v) is 10.1. The van der Waals surface area contributed by atoms with E-state index in [0.29, 0.717) is 34.6 Å². The van der Waals surface area contributed by atoms with Gasteiger partial charge in [0, 0.05) is 17.1 Å². The number of anilines is 2. The van der Waals surface area contributed by atoms with E-state index in [0.717, 1.165) is 0 Å². The van der Waals surface area contributed by atoms with E-state index in [1.807, 2.05) is 13.8 Å². The van der Waals surface area contributed by atoms with E-state index in [1.54, 1.807) is 16.9 Å². The number of nitrogens with one attached hydrogen (secondary N) is 2. The Hall–Kier alpha value is -3.26. The first-order valence-corrected chi connectivity index (χ1v) is 12.9. The molecule has 3 aromatic rings. The van der Waals surface area contributed by atoms with Gasteiger partial charge in [0.15, 0.2) is 11.5 Å². The Labute approximate surface area is 218 Å². The Bertz CT molecular complexity index is 1380. The average Bonchev–Trinajstić information content (AvgIpc) is 2.83. The van der Waals surface area contributed by atoms with Gasteiger partial charge in [-0.15, -0.1) is 0 Å². The van der Waals surface area contributed by atoms with Crippen molar-refractivity contribution in [3.8, 4) is 11.5 Å². The Morgan fingerprint density at radius 2 is 1.92 bits per heavy atom. The molecule has 1 amide bonds. The molecule has 1 atom stereocenters. The molecule has 0 bridgehead atoms. The number of nitrogens with zero attached hydrogens (tertiary/aromatic N) is 2. The van der Waals surface area contributed by atoms with Crippen LogP contribution in [0.15, 0.2) is 36.7 Å². The molecule has 37 heavy (non-hydrogen) atoms. The zero-order valence-corrected chi connectivity index (χ0v) is 21.9. The number of amides is 1. The van der Waals surface area contributed by atoms with E-state index in [9.17, 15) is 17.6 Å². The molecule has 1 heterocycles. The SMILES string of the molecule is COc1cc2ncnc(Nc3ccc(F)c(Cl)c3)c2cc1OCCOS(=O)(=O)NC(=O)[C@@H](N)CC(C)C. The number of hydrogen-bond acceptors (Lipinski definition) is 10. The summed E-state index contributed by atoms with van der Waals surface area (Å²) >= 11 is 5.86. The topological polar surface area (TPSA) is 155 Å². The third-order valence-corrected chi connectivity index (χ3v) is 6.19. The fraction of sp³-hybridized carbons (Fsp3) is 0.348. The van der Waals surface area contributed by atoms with Crippen molar-refractivity contribution in [3.05, 3.63) is 47.5 Å². The molecule has 0 spiro atoms. The summed E-state index contributed by atoms with van der Waals surface area (Å²) in [6.07, 6.45) is 1.66. The zero-order chi connectivity index (χ0) is 27.2. The summed E-state index contributed by atoms with van der Waals surface area (Å²) in [5, 5.41) is 3.54. The monoisotopic (exact) mass is 555 g/mol. The second-order valence-electron chi connectivity index (χ2n) is 8.32. The maximum absolute atomic E-state index is 13.5. The molecule has 1 aromatic heterocycles. The van der Waals surface area contributed by atoms with Crippen LogP contribution >= 0.6 is 11.6 Å². The summed E-state index contributed by atoms with van der Waals surface area (Å²) in [6, 6.07) is 6.37. The lowest BCUT2D eigenvalue weighted by molar-refractivity contribution is -0.121. The fourth-order valence-electron chi connectivity index (χ4n) is 3.29. The van der Waals surface area contributed by atoms with Crippen LogP contribution in [-0.4, -0.2) is 50.7 Å². The molecule has 0 saturated heterocycles. The van der Waals surface area contributed by atoms with Crippen LogP contribution in [0.4, 0.5) is 15.9 Å². The van der Waals surface area contributed by atoms with E-state index in [4.69, 9.17) is 31.0 Å². The minimum absolute atomic E-state index is 0.0536. The largest absolute Gasteiger partial charge is 0.493 e. The Morgan fingerprint density at radius 3 is 2.59 bits per heavy atom. The van der Waals surface area contributed by atoms with Gasteiger partial charge in [-0.1, -0.05) is 25.4 Å². The van der Waals surface area contributed by atoms with Crippen LogP contribution in [0, 0.1) is 11.7 Å². The number of methoxy groups -OCH3 is 1. The molecule has 4 N–H and O–H groups in total. The van der Waals surface area contributed by atoms with Gasteiger partial charge in [0.05, 0.1) is 23.7 Å². The van der Waals surface area contributed by atoms with Crippen molar-refractivity contribution in [2.45, 2.75) is 26.3 Å². The van der Waals surface area contributed by atoms with E-state index in [-0.39, 0.29) is 23.3 Å². The molecule has 0 fully saturated rings. The number of carbonyl (C=O) groups excluding carboxylic acids is 1. The predicted octanol–water partition coefficient (Wildman–Crippen LogP) is 3.30. The fourth-order valence-corrected chi connectivity index (χ4v) is 4.21. The molecule has 0 aliphatic carbocycles. The molecule has 2 aromatic carbocycles. The Balaban J connectivity index is 1.69. The number of hydrogen-bond donors (Lipinski definition) is 3. The van der Waals surface area contributed by atoms with Gasteiger partial charge in [-0.2, -0.15) is 8.42 Å². The molecular weight excluding hydrogens is 529 g/mol. The molecule has 11 nitrogen and oxygen atoms in total. The van der Waals surface area contributed by atoms with Crippen LogP contribution < -0.4 is 25.2 Å². The number of aromatic nitrogens is 2. The van der Waals surface area contributed by atoms with Gasteiger partial charge in [0.25, 0.3) is 5.91 Å². The van der Waals surface area contributed by atoms with Gasteiger partial charge in [-0.05, 0) is 36.6 Å². The van der Waals surface area contributed by atoms with E-state index in [2.05, 4.69) is 15.3 Å². The molecule has 0 radical (unpaired) electrons. The van der Waals surface area contributed by atoms with Crippen LogP contribution in [0.1, 0.15) is 20.3 Å². The minimum atomic E-state index is -4.37. The van der Waals surface area contributed by atoms with Crippen molar-refractivity contribution < 1.29 is 31.3 Å². The highest BCUT2D eigenvalue weighted by atomic mass is 35.5. The van der Waals surface area contributed by atoms with E-state index < -0.39 is 34.7 Å². The number of carbonyl (C=O) groups is 1. The minimum Gasteiger partial charge on any atom is -0.493 e. The van der Waals surface area contributed by atoms with Gasteiger partial charge in [0.1, 0.15) is 31.2 Å². The summed E-state index contributed by atoms with van der Waals surface area (Å²) in [4.78, 5) is 20.4. The molecule has 14 heteroatoms. The number of fused-ring (bicyclic) bond motifs is 1. The van der Waals surface area contributed by atoms with Crippen LogP contribution in [0.5, 0.6) is 11.5 Å². The number of rotatable bonds is 12. The number of benzene rings is 2. The van der Waals surface area contributed by atoms with Gasteiger partial charge in [-0.25, -0.2) is 19.1 Å². The summed E-state index contributed by atoms with van der Waals surface area (Å²) < 4.78 is 55.2. The lowest BCUT2D eigenvalue weighted by atomic mass is 10.0. The van der Waals surface area contributed by atoms with Gasteiger partial charge in [-0.3, -0.25) is 8.98 Å². The van der Waals surface area contributed by atoms with Gasteiger partial charge in [0.2, 0.25) is 0 Å². The van der Waals surface area contributed by atoms with Crippen molar-refractivity contribution in [1.29, 1.82) is 0 Å². The lowest BCUT2D eigenvalue weighted by Crippen LogP contribution is -2.44. The average molecular weight is 556 g/mol. The number of ether oxygens (including phenoxy) is 2. The molecular formula is C23H27ClFN5O6S. The summed E-state index contributed by atoms with van der Waals surface area (Å²) in [7, 11) is -2.94. The maximum atomic E-state index is 13.5. The van der Waals surface area contributed by atoms with Crippen LogP contribution in [0.2, 0.25) is 5.02 Å². The highest BCUT2D eigenvalue weighted by Crippen LogP contribution is 2.35. The molecule has 200 valence electrons. The molecule has 0 saturated carbocycles. The van der Waals surface area contributed by atoms with Crippen molar-refractivity contribution in [3.63, 3.8) is 0 Å². The standard InChI is InChI=1S/C23H27ClFN5O6S/c1-13(2)8-18(26)23(31)30-37(32,33)36-7-6-35-21-10-15-19(11-20(21)34-3)27-12-28-22(15)29-14-4-5-17(25)16(24)9-14/h4-5,9-13,18H,6-8,26H2,1-3H3,(H,30,31)(H,27,28,29)/t18-/m0/s1. The van der Waals surface area contributed by atoms with E-state index >= 15 is 0 Å². The quantitative estimate of drug-likeness (QED) is 0.283. The van der Waals surface area contributed by atoms with Crippen LogP contribution in [0.3, 0.4) is 0 Å². The van der Waals surface area contributed by atoms with Crippen molar-refractivity contribution in [2.24, 2.45) is 11.7 Å². The van der Waals surface area contributed by atoms with Crippen LogP contribution in [-0.2, 0) is 19.3 Å². The first kappa shape index (κ1) is 28.3. The smallest absolute Gasteiger partial charge is 0.362 e. The summed E-state index contributed by atoms with van der Waals surface area (Å²) in [5.74, 6) is -0.314. The van der Waals surface area contributed by atoms with Crippen LogP contribution in [0.25, 0.3) is 10.9 Å². The second kappa shape index (κ2) is 12.3. The molecule has 3 rings (SSSR count). The predicted molar refractivity (Wildman–Crippen MR) is 137 cm³/mol. The molecule has 0 unspecified atom stereocenters. The first-order valence-electron chi connectivity index (χ1n) is 11.1. The number of halogens is 2. The number of nitrogens with two attached hydrogens (primary N) is 1. The Kier molecular flexibility index (Phi) is 9.43. The van der Waals surface area contributed by atoms with Gasteiger partial charge < -0.3 is 20.5 Å². The highest BCUT2D eigenvalue weighted by molar-refractivity contribution is 7.85. The van der Waals surface area contributed by atoms with Gasteiger partial charge >= 0.3 is 10.3 Å². The Morgan fingerprint density at radius 1 is 1.16 bits per heavy atom. The third-order valence-electron chi connectivity index (χ3n) is 4.97. The maximum Gasteiger partial charge on any atom is 0.362 e. The summed E-state index contributed by atoms with van der Waals surface area (Å²) in [6.45, 7) is 3.13. The van der Waals surface area contributed by atoms with Crippen molar-refractivity contribution in [2.75, 3.05) is 25.6 Å². The zero-order valence-electron chi connectivity index (χ0n) is 20.3. The highest BCUT2D eigenvalue weighted by Gasteiger charge is 2.22. The third kappa shape index (κ3) is 7.86.